The van der Waals surface area contributed by atoms with Crippen LogP contribution in [0.15, 0.2) is 46.9 Å². The molecule has 0 aliphatic rings. The van der Waals surface area contributed by atoms with Gasteiger partial charge in [-0.05, 0) is 24.3 Å². The number of hydrogen-bond donors (Lipinski definition) is 1. The number of carbonyl (C=O) groups is 1. The summed E-state index contributed by atoms with van der Waals surface area (Å²) in [5.74, 6) is 1.88. The summed E-state index contributed by atoms with van der Waals surface area (Å²) in [5, 5.41) is 10.9. The van der Waals surface area contributed by atoms with Crippen LogP contribution < -0.4 is 19.5 Å². The summed E-state index contributed by atoms with van der Waals surface area (Å²) >= 11 is 0. The lowest BCUT2D eigenvalue weighted by atomic mass is 10.1. The van der Waals surface area contributed by atoms with E-state index in [1.165, 1.54) is 21.3 Å². The first-order valence-corrected chi connectivity index (χ1v) is 8.62. The molecule has 0 saturated heterocycles. The molecule has 0 atom stereocenters. The Morgan fingerprint density at radius 2 is 1.68 bits per heavy atom. The van der Waals surface area contributed by atoms with E-state index in [0.717, 1.165) is 5.56 Å². The molecule has 28 heavy (non-hydrogen) atoms. The molecular weight excluding hydrogens is 362 g/mol. The van der Waals surface area contributed by atoms with E-state index in [1.807, 2.05) is 30.3 Å². The molecule has 1 N–H and O–H groups in total. The van der Waals surface area contributed by atoms with Gasteiger partial charge < -0.3 is 23.9 Å². The van der Waals surface area contributed by atoms with Crippen molar-refractivity contribution in [3.8, 4) is 28.7 Å². The van der Waals surface area contributed by atoms with Crippen molar-refractivity contribution in [2.45, 2.75) is 6.42 Å². The SMILES string of the molecule is COc1cc(C(=O)NCCc2nnc(-c3ccccc3)o2)cc(OC)c1OC. The second-order valence-corrected chi connectivity index (χ2v) is 5.79. The molecule has 0 fully saturated rings. The van der Waals surface area contributed by atoms with Gasteiger partial charge in [-0.15, -0.1) is 10.2 Å². The lowest BCUT2D eigenvalue weighted by Gasteiger charge is -2.14. The van der Waals surface area contributed by atoms with Crippen LogP contribution in [-0.4, -0.2) is 44.0 Å². The number of aromatic nitrogens is 2. The number of rotatable bonds is 8. The Balaban J connectivity index is 1.63. The summed E-state index contributed by atoms with van der Waals surface area (Å²) in [5.41, 5.74) is 1.24. The van der Waals surface area contributed by atoms with E-state index < -0.39 is 0 Å². The van der Waals surface area contributed by atoms with E-state index in [-0.39, 0.29) is 5.91 Å². The Hall–Kier alpha value is -3.55. The minimum Gasteiger partial charge on any atom is -0.493 e. The molecule has 0 bridgehead atoms. The zero-order valence-corrected chi connectivity index (χ0v) is 15.9. The van der Waals surface area contributed by atoms with Crippen LogP contribution in [0.2, 0.25) is 0 Å². The fourth-order valence-electron chi connectivity index (χ4n) is 2.65. The van der Waals surface area contributed by atoms with Crippen molar-refractivity contribution in [3.63, 3.8) is 0 Å². The van der Waals surface area contributed by atoms with Gasteiger partial charge in [0.1, 0.15) is 0 Å². The van der Waals surface area contributed by atoms with Crippen LogP contribution in [0.5, 0.6) is 17.2 Å². The summed E-state index contributed by atoms with van der Waals surface area (Å²) in [6, 6.07) is 12.7. The summed E-state index contributed by atoms with van der Waals surface area (Å²) in [4.78, 5) is 12.5. The number of nitrogens with one attached hydrogen (secondary N) is 1. The average Bonchev–Trinajstić information content (AvgIpc) is 3.22. The van der Waals surface area contributed by atoms with E-state index in [4.69, 9.17) is 18.6 Å². The molecule has 1 heterocycles. The average molecular weight is 383 g/mol. The normalized spacial score (nSPS) is 10.4. The third-order valence-electron chi connectivity index (χ3n) is 4.04. The summed E-state index contributed by atoms with van der Waals surface area (Å²) in [6.07, 6.45) is 0.413. The molecule has 0 radical (unpaired) electrons. The van der Waals surface area contributed by atoms with Gasteiger partial charge in [-0.2, -0.15) is 0 Å². The zero-order chi connectivity index (χ0) is 19.9. The standard InChI is InChI=1S/C20H21N3O5/c1-25-15-11-14(12-16(26-2)18(15)27-3)19(24)21-10-9-17-22-23-20(28-17)13-7-5-4-6-8-13/h4-8,11-12H,9-10H2,1-3H3,(H,21,24). The van der Waals surface area contributed by atoms with Gasteiger partial charge in [-0.1, -0.05) is 18.2 Å². The fourth-order valence-corrected chi connectivity index (χ4v) is 2.65. The molecule has 1 aromatic heterocycles. The van der Waals surface area contributed by atoms with Gasteiger partial charge in [0.25, 0.3) is 5.91 Å². The van der Waals surface area contributed by atoms with Gasteiger partial charge in [-0.25, -0.2) is 0 Å². The maximum Gasteiger partial charge on any atom is 0.251 e. The first-order chi connectivity index (χ1) is 13.7. The fraction of sp³-hybridized carbons (Fsp3) is 0.250. The third-order valence-corrected chi connectivity index (χ3v) is 4.04. The van der Waals surface area contributed by atoms with Crippen molar-refractivity contribution in [1.29, 1.82) is 0 Å². The number of methoxy groups -OCH3 is 3. The van der Waals surface area contributed by atoms with Crippen LogP contribution in [0.3, 0.4) is 0 Å². The lowest BCUT2D eigenvalue weighted by Crippen LogP contribution is -2.25. The molecule has 3 rings (SSSR count). The smallest absolute Gasteiger partial charge is 0.251 e. The minimum absolute atomic E-state index is 0.276. The summed E-state index contributed by atoms with van der Waals surface area (Å²) in [6.45, 7) is 0.339. The molecule has 0 saturated carbocycles. The van der Waals surface area contributed by atoms with Gasteiger partial charge in [0.05, 0.1) is 21.3 Å². The van der Waals surface area contributed by atoms with Crippen LogP contribution in [0.4, 0.5) is 0 Å². The van der Waals surface area contributed by atoms with E-state index in [9.17, 15) is 4.79 Å². The van der Waals surface area contributed by atoms with Crippen LogP contribution in [0.1, 0.15) is 16.2 Å². The zero-order valence-electron chi connectivity index (χ0n) is 15.9. The number of amides is 1. The van der Waals surface area contributed by atoms with Crippen molar-refractivity contribution in [3.05, 3.63) is 53.9 Å². The molecule has 0 spiro atoms. The van der Waals surface area contributed by atoms with Crippen molar-refractivity contribution in [1.82, 2.24) is 15.5 Å². The highest BCUT2D eigenvalue weighted by molar-refractivity contribution is 5.95. The second-order valence-electron chi connectivity index (χ2n) is 5.79. The Morgan fingerprint density at radius 3 is 2.29 bits per heavy atom. The predicted octanol–water partition coefficient (Wildman–Crippen LogP) is 2.73. The Morgan fingerprint density at radius 1 is 1.00 bits per heavy atom. The maximum atomic E-state index is 12.5. The number of benzene rings is 2. The molecule has 0 aliphatic heterocycles. The van der Waals surface area contributed by atoms with Crippen LogP contribution in [-0.2, 0) is 6.42 Å². The highest BCUT2D eigenvalue weighted by Gasteiger charge is 2.17. The van der Waals surface area contributed by atoms with E-state index >= 15 is 0 Å². The Bertz CT molecular complexity index is 915. The van der Waals surface area contributed by atoms with Gasteiger partial charge >= 0.3 is 0 Å². The van der Waals surface area contributed by atoms with Gasteiger partial charge in [0.15, 0.2) is 11.5 Å². The van der Waals surface area contributed by atoms with Crippen LogP contribution in [0.25, 0.3) is 11.5 Å². The molecular formula is C20H21N3O5. The minimum atomic E-state index is -0.276. The second kappa shape index (κ2) is 8.90. The van der Waals surface area contributed by atoms with Crippen molar-refractivity contribution >= 4 is 5.91 Å². The number of nitrogens with zero attached hydrogens (tertiary/aromatic N) is 2. The van der Waals surface area contributed by atoms with E-state index in [2.05, 4.69) is 15.5 Å². The Kier molecular flexibility index (Phi) is 6.11. The molecule has 0 unspecified atom stereocenters. The number of hydrogen-bond acceptors (Lipinski definition) is 7. The highest BCUT2D eigenvalue weighted by atomic mass is 16.5. The topological polar surface area (TPSA) is 95.7 Å². The molecule has 0 aliphatic carbocycles. The molecule has 8 heteroatoms. The first kappa shape index (κ1) is 19.2. The number of ether oxygens (including phenoxy) is 3. The molecule has 146 valence electrons. The quantitative estimate of drug-likeness (QED) is 0.639. The number of carbonyl (C=O) groups excluding carboxylic acids is 1. The molecule has 3 aromatic rings. The third kappa shape index (κ3) is 4.22. The van der Waals surface area contributed by atoms with Crippen molar-refractivity contribution in [2.24, 2.45) is 0 Å². The van der Waals surface area contributed by atoms with Gasteiger partial charge in [0.2, 0.25) is 17.5 Å². The predicted molar refractivity (Wildman–Crippen MR) is 102 cm³/mol. The summed E-state index contributed by atoms with van der Waals surface area (Å²) < 4.78 is 21.4. The van der Waals surface area contributed by atoms with E-state index in [1.54, 1.807) is 12.1 Å². The maximum absolute atomic E-state index is 12.5. The van der Waals surface area contributed by atoms with Crippen molar-refractivity contribution < 1.29 is 23.4 Å². The van der Waals surface area contributed by atoms with E-state index in [0.29, 0.717) is 47.6 Å². The van der Waals surface area contributed by atoms with Crippen LogP contribution >= 0.6 is 0 Å². The summed E-state index contributed by atoms with van der Waals surface area (Å²) in [7, 11) is 4.51. The molecule has 2 aromatic carbocycles. The largest absolute Gasteiger partial charge is 0.493 e. The molecule has 8 nitrogen and oxygen atoms in total. The Labute approximate surface area is 162 Å². The highest BCUT2D eigenvalue weighted by Crippen LogP contribution is 2.38. The van der Waals surface area contributed by atoms with Gasteiger partial charge in [-0.3, -0.25) is 4.79 Å². The molecule has 1 amide bonds. The van der Waals surface area contributed by atoms with Crippen molar-refractivity contribution in [2.75, 3.05) is 27.9 Å². The monoisotopic (exact) mass is 383 g/mol. The lowest BCUT2D eigenvalue weighted by molar-refractivity contribution is 0.0952. The van der Waals surface area contributed by atoms with Crippen LogP contribution in [0, 0.1) is 0 Å². The van der Waals surface area contributed by atoms with Gasteiger partial charge in [0, 0.05) is 24.1 Å². The first-order valence-electron chi connectivity index (χ1n) is 8.62.